The third-order valence-corrected chi connectivity index (χ3v) is 3.74. The maximum atomic E-state index is 10.0. The fourth-order valence-corrected chi connectivity index (χ4v) is 2.58. The average Bonchev–Trinajstić information content (AvgIpc) is 2.83. The number of nitrogens with zero attached hydrogens (tertiary/aromatic N) is 2. The minimum Gasteiger partial charge on any atom is -0.393 e. The fraction of sp³-hybridized carbons (Fsp3) is 0.750. The van der Waals surface area contributed by atoms with Crippen LogP contribution in [-0.2, 0) is 18.2 Å². The summed E-state index contributed by atoms with van der Waals surface area (Å²) in [5.74, 6) is 0. The molecular weight excluding hydrogens is 240 g/mol. The maximum Gasteiger partial charge on any atom is 0.0847 e. The molecule has 2 rings (SSSR count). The normalized spacial score (nSPS) is 22.0. The van der Waals surface area contributed by atoms with E-state index in [0.717, 1.165) is 30.8 Å². The lowest BCUT2D eigenvalue weighted by molar-refractivity contribution is 0.0534. The number of aliphatic hydroxyl groups excluding tert-OH is 1. The molecule has 1 fully saturated rings. The van der Waals surface area contributed by atoms with Crippen LogP contribution in [0.1, 0.15) is 30.7 Å². The van der Waals surface area contributed by atoms with Gasteiger partial charge in [0.15, 0.2) is 0 Å². The van der Waals surface area contributed by atoms with Crippen molar-refractivity contribution in [3.8, 4) is 0 Å². The quantitative estimate of drug-likeness (QED) is 0.897. The van der Waals surface area contributed by atoms with Gasteiger partial charge in [0.25, 0.3) is 0 Å². The minimum atomic E-state index is -0.412. The molecule has 1 aliphatic rings. The van der Waals surface area contributed by atoms with Crippen molar-refractivity contribution in [1.29, 1.82) is 0 Å². The lowest BCUT2D eigenvalue weighted by Gasteiger charge is -2.15. The van der Waals surface area contributed by atoms with E-state index in [4.69, 9.17) is 16.3 Å². The van der Waals surface area contributed by atoms with E-state index in [1.165, 1.54) is 0 Å². The monoisotopic (exact) mass is 258 g/mol. The summed E-state index contributed by atoms with van der Waals surface area (Å²) in [5.41, 5.74) is 1.71. The second-order valence-corrected chi connectivity index (χ2v) is 5.08. The number of ether oxygens (including phenoxy) is 1. The minimum absolute atomic E-state index is 0.207. The van der Waals surface area contributed by atoms with E-state index in [0.29, 0.717) is 17.9 Å². The van der Waals surface area contributed by atoms with E-state index in [1.807, 2.05) is 14.0 Å². The first-order chi connectivity index (χ1) is 8.08. The van der Waals surface area contributed by atoms with Crippen molar-refractivity contribution in [2.75, 3.05) is 6.61 Å². The number of rotatable bonds is 4. The third kappa shape index (κ3) is 3.00. The van der Waals surface area contributed by atoms with Crippen LogP contribution in [0.2, 0.25) is 5.02 Å². The van der Waals surface area contributed by atoms with Crippen LogP contribution in [0, 0.1) is 6.92 Å². The smallest absolute Gasteiger partial charge is 0.0847 e. The molecule has 1 aliphatic heterocycles. The maximum absolute atomic E-state index is 10.0. The Morgan fingerprint density at radius 2 is 2.41 bits per heavy atom. The molecule has 0 amide bonds. The van der Waals surface area contributed by atoms with Gasteiger partial charge in [-0.3, -0.25) is 4.68 Å². The Labute approximate surface area is 107 Å². The Kier molecular flexibility index (Phi) is 4.07. The van der Waals surface area contributed by atoms with E-state index in [9.17, 15) is 5.11 Å². The van der Waals surface area contributed by atoms with Crippen LogP contribution in [0.5, 0.6) is 0 Å². The number of hydrogen-bond donors (Lipinski definition) is 1. The fourth-order valence-electron chi connectivity index (χ4n) is 2.34. The molecule has 1 N–H and O–H groups in total. The van der Waals surface area contributed by atoms with Crippen LogP contribution in [0.25, 0.3) is 0 Å². The Morgan fingerprint density at radius 1 is 1.65 bits per heavy atom. The van der Waals surface area contributed by atoms with Gasteiger partial charge in [0, 0.05) is 20.1 Å². The second-order valence-electron chi connectivity index (χ2n) is 4.70. The summed E-state index contributed by atoms with van der Waals surface area (Å²) in [6, 6.07) is 0. The van der Waals surface area contributed by atoms with Crippen LogP contribution >= 0.6 is 11.6 Å². The summed E-state index contributed by atoms with van der Waals surface area (Å²) >= 11 is 6.15. The molecule has 2 heterocycles. The first kappa shape index (κ1) is 12.9. The van der Waals surface area contributed by atoms with Crippen LogP contribution in [-0.4, -0.2) is 33.7 Å². The molecule has 96 valence electrons. The van der Waals surface area contributed by atoms with Crippen molar-refractivity contribution in [2.24, 2.45) is 7.05 Å². The molecule has 0 radical (unpaired) electrons. The van der Waals surface area contributed by atoms with Crippen LogP contribution in [0.15, 0.2) is 0 Å². The molecule has 5 heteroatoms. The first-order valence-electron chi connectivity index (χ1n) is 6.05. The zero-order valence-corrected chi connectivity index (χ0v) is 11.1. The summed E-state index contributed by atoms with van der Waals surface area (Å²) < 4.78 is 7.26. The van der Waals surface area contributed by atoms with Gasteiger partial charge in [0.05, 0.1) is 28.6 Å². The van der Waals surface area contributed by atoms with E-state index in [1.54, 1.807) is 4.68 Å². The zero-order chi connectivity index (χ0) is 12.4. The van der Waals surface area contributed by atoms with Crippen molar-refractivity contribution in [1.82, 2.24) is 9.78 Å². The summed E-state index contributed by atoms with van der Waals surface area (Å²) in [6.45, 7) is 2.70. The molecule has 0 bridgehead atoms. The van der Waals surface area contributed by atoms with Gasteiger partial charge >= 0.3 is 0 Å². The Balaban J connectivity index is 1.95. The largest absolute Gasteiger partial charge is 0.393 e. The molecule has 2 atom stereocenters. The van der Waals surface area contributed by atoms with Gasteiger partial charge in [-0.1, -0.05) is 11.6 Å². The third-order valence-electron chi connectivity index (χ3n) is 3.25. The van der Waals surface area contributed by atoms with Crippen molar-refractivity contribution in [3.63, 3.8) is 0 Å². The van der Waals surface area contributed by atoms with Gasteiger partial charge in [0.1, 0.15) is 0 Å². The number of halogens is 1. The topological polar surface area (TPSA) is 47.3 Å². The van der Waals surface area contributed by atoms with E-state index in [2.05, 4.69) is 5.10 Å². The van der Waals surface area contributed by atoms with Gasteiger partial charge in [-0.25, -0.2) is 0 Å². The molecule has 17 heavy (non-hydrogen) atoms. The summed E-state index contributed by atoms with van der Waals surface area (Å²) in [4.78, 5) is 0. The lowest BCUT2D eigenvalue weighted by atomic mass is 10.0. The highest BCUT2D eigenvalue weighted by molar-refractivity contribution is 6.31. The van der Waals surface area contributed by atoms with Gasteiger partial charge in [-0.2, -0.15) is 5.10 Å². The molecule has 4 nitrogen and oxygen atoms in total. The average molecular weight is 259 g/mol. The molecule has 1 saturated heterocycles. The first-order valence-corrected chi connectivity index (χ1v) is 6.43. The standard InChI is InChI=1S/C12H19ClN2O2/c1-8-12(13)11(15(2)14-8)7-9(16)6-10-4-3-5-17-10/h9-10,16H,3-7H2,1-2H3. The Morgan fingerprint density at radius 3 is 2.94 bits per heavy atom. The highest BCUT2D eigenvalue weighted by Gasteiger charge is 2.22. The molecular formula is C12H19ClN2O2. The molecule has 1 aromatic rings. The summed E-state index contributed by atoms with van der Waals surface area (Å²) in [7, 11) is 1.85. The van der Waals surface area contributed by atoms with Gasteiger partial charge in [-0.15, -0.1) is 0 Å². The number of aliphatic hydroxyl groups is 1. The molecule has 2 unspecified atom stereocenters. The summed E-state index contributed by atoms with van der Waals surface area (Å²) in [5, 5.41) is 14.9. The van der Waals surface area contributed by atoms with Crippen LogP contribution in [0.3, 0.4) is 0 Å². The van der Waals surface area contributed by atoms with Gasteiger partial charge < -0.3 is 9.84 Å². The van der Waals surface area contributed by atoms with Gasteiger partial charge in [-0.05, 0) is 26.2 Å². The molecule has 0 aliphatic carbocycles. The van der Waals surface area contributed by atoms with Crippen molar-refractivity contribution >= 4 is 11.6 Å². The highest BCUT2D eigenvalue weighted by Crippen LogP contribution is 2.23. The second kappa shape index (κ2) is 5.38. The predicted molar refractivity (Wildman–Crippen MR) is 66.3 cm³/mol. The number of aromatic nitrogens is 2. The molecule has 0 spiro atoms. The lowest BCUT2D eigenvalue weighted by Crippen LogP contribution is -2.20. The van der Waals surface area contributed by atoms with E-state index < -0.39 is 6.10 Å². The zero-order valence-electron chi connectivity index (χ0n) is 10.3. The molecule has 0 aromatic carbocycles. The van der Waals surface area contributed by atoms with E-state index >= 15 is 0 Å². The van der Waals surface area contributed by atoms with Crippen molar-refractivity contribution in [3.05, 3.63) is 16.4 Å². The van der Waals surface area contributed by atoms with Crippen molar-refractivity contribution in [2.45, 2.75) is 44.8 Å². The van der Waals surface area contributed by atoms with Crippen molar-refractivity contribution < 1.29 is 9.84 Å². The number of hydrogen-bond acceptors (Lipinski definition) is 3. The van der Waals surface area contributed by atoms with E-state index in [-0.39, 0.29) is 6.10 Å². The number of aryl methyl sites for hydroxylation is 2. The SMILES string of the molecule is Cc1nn(C)c(CC(O)CC2CCCO2)c1Cl. The summed E-state index contributed by atoms with van der Waals surface area (Å²) in [6.07, 6.45) is 3.16. The molecule has 1 aromatic heterocycles. The highest BCUT2D eigenvalue weighted by atomic mass is 35.5. The predicted octanol–water partition coefficient (Wildman–Crippen LogP) is 1.85. The Hall–Kier alpha value is -0.580. The van der Waals surface area contributed by atoms with Gasteiger partial charge in [0.2, 0.25) is 0 Å². The molecule has 0 saturated carbocycles. The van der Waals surface area contributed by atoms with Crippen LogP contribution < -0.4 is 0 Å². The Bertz CT molecular complexity index is 386. The van der Waals surface area contributed by atoms with Crippen LogP contribution in [0.4, 0.5) is 0 Å².